The molecule has 0 aromatic heterocycles. The molecule has 0 atom stereocenters. The zero-order valence-electron chi connectivity index (χ0n) is 13.6. The molecular formula is C17H21BrN2O4. The number of esters is 1. The molecule has 2 rings (SSSR count). The molecular weight excluding hydrogens is 376 g/mol. The van der Waals surface area contributed by atoms with Gasteiger partial charge in [0.05, 0.1) is 19.1 Å². The highest BCUT2D eigenvalue weighted by Gasteiger charge is 2.28. The Morgan fingerprint density at radius 2 is 2.00 bits per heavy atom. The molecule has 1 aromatic rings. The molecule has 0 unspecified atom stereocenters. The molecule has 1 saturated heterocycles. The number of nitrogens with zero attached hydrogens (tertiary/aromatic N) is 1. The maximum absolute atomic E-state index is 12.2. The first-order valence-electron chi connectivity index (χ1n) is 7.99. The van der Waals surface area contributed by atoms with Gasteiger partial charge in [-0.25, -0.2) is 0 Å². The number of carbonyl (C=O) groups is 3. The van der Waals surface area contributed by atoms with Crippen LogP contribution < -0.4 is 5.32 Å². The van der Waals surface area contributed by atoms with Gasteiger partial charge < -0.3 is 15.0 Å². The third kappa shape index (κ3) is 5.06. The van der Waals surface area contributed by atoms with E-state index in [1.54, 1.807) is 30.0 Å². The van der Waals surface area contributed by atoms with Crippen molar-refractivity contribution >= 4 is 33.7 Å². The average Bonchev–Trinajstić information content (AvgIpc) is 2.59. The van der Waals surface area contributed by atoms with Crippen LogP contribution in [0.15, 0.2) is 28.7 Å². The summed E-state index contributed by atoms with van der Waals surface area (Å²) >= 11 is 3.31. The smallest absolute Gasteiger partial charge is 0.309 e. The van der Waals surface area contributed by atoms with Crippen molar-refractivity contribution < 1.29 is 19.1 Å². The summed E-state index contributed by atoms with van der Waals surface area (Å²) in [5.41, 5.74) is 0.498. The molecule has 1 aliphatic rings. The summed E-state index contributed by atoms with van der Waals surface area (Å²) in [4.78, 5) is 37.6. The highest BCUT2D eigenvalue weighted by molar-refractivity contribution is 9.10. The fraction of sp³-hybridized carbons (Fsp3) is 0.471. The Bertz CT molecular complexity index is 612. The lowest BCUT2D eigenvalue weighted by Crippen LogP contribution is -2.45. The topological polar surface area (TPSA) is 75.7 Å². The van der Waals surface area contributed by atoms with E-state index in [0.717, 1.165) is 4.47 Å². The van der Waals surface area contributed by atoms with Crippen molar-refractivity contribution in [2.75, 3.05) is 26.2 Å². The zero-order valence-corrected chi connectivity index (χ0v) is 15.2. The second-order valence-electron chi connectivity index (χ2n) is 5.60. The SMILES string of the molecule is CCOC(=O)C1CCN(C(=O)CNC(=O)c2cccc(Br)c2)CC1. The summed E-state index contributed by atoms with van der Waals surface area (Å²) in [7, 11) is 0. The number of likely N-dealkylation sites (tertiary alicyclic amines) is 1. The molecule has 2 amide bonds. The van der Waals surface area contributed by atoms with Gasteiger partial charge in [0, 0.05) is 23.1 Å². The molecule has 0 saturated carbocycles. The van der Waals surface area contributed by atoms with E-state index < -0.39 is 0 Å². The number of benzene rings is 1. The molecule has 1 aliphatic heterocycles. The Balaban J connectivity index is 1.77. The van der Waals surface area contributed by atoms with E-state index >= 15 is 0 Å². The first kappa shape index (κ1) is 18.4. The van der Waals surface area contributed by atoms with E-state index in [2.05, 4.69) is 21.2 Å². The predicted octanol–water partition coefficient (Wildman–Crippen LogP) is 1.98. The van der Waals surface area contributed by atoms with E-state index in [9.17, 15) is 14.4 Å². The van der Waals surface area contributed by atoms with Gasteiger partial charge in [0.25, 0.3) is 5.91 Å². The second kappa shape index (κ2) is 8.82. The van der Waals surface area contributed by atoms with Crippen molar-refractivity contribution in [3.63, 3.8) is 0 Å². The molecule has 130 valence electrons. The van der Waals surface area contributed by atoms with E-state index in [-0.39, 0.29) is 30.2 Å². The Kier molecular flexibility index (Phi) is 6.78. The van der Waals surface area contributed by atoms with Crippen molar-refractivity contribution in [2.24, 2.45) is 5.92 Å². The van der Waals surface area contributed by atoms with Crippen LogP contribution in [0.3, 0.4) is 0 Å². The summed E-state index contributed by atoms with van der Waals surface area (Å²) in [6.07, 6.45) is 1.20. The molecule has 1 N–H and O–H groups in total. The monoisotopic (exact) mass is 396 g/mol. The number of hydrogen-bond donors (Lipinski definition) is 1. The number of rotatable bonds is 5. The Labute approximate surface area is 149 Å². The number of ether oxygens (including phenoxy) is 1. The fourth-order valence-electron chi connectivity index (χ4n) is 2.62. The van der Waals surface area contributed by atoms with Crippen LogP contribution >= 0.6 is 15.9 Å². The van der Waals surface area contributed by atoms with Crippen LogP contribution in [0, 0.1) is 5.92 Å². The Morgan fingerprint density at radius 3 is 2.62 bits per heavy atom. The third-order valence-electron chi connectivity index (χ3n) is 3.95. The number of hydrogen-bond acceptors (Lipinski definition) is 4. The van der Waals surface area contributed by atoms with Crippen molar-refractivity contribution in [2.45, 2.75) is 19.8 Å². The van der Waals surface area contributed by atoms with E-state index in [4.69, 9.17) is 4.74 Å². The molecule has 6 nitrogen and oxygen atoms in total. The minimum atomic E-state index is -0.286. The van der Waals surface area contributed by atoms with Crippen LogP contribution in [0.5, 0.6) is 0 Å². The van der Waals surface area contributed by atoms with Crippen molar-refractivity contribution in [3.05, 3.63) is 34.3 Å². The van der Waals surface area contributed by atoms with Gasteiger partial charge in [-0.05, 0) is 38.0 Å². The first-order chi connectivity index (χ1) is 11.5. The van der Waals surface area contributed by atoms with E-state index in [1.165, 1.54) is 0 Å². The second-order valence-corrected chi connectivity index (χ2v) is 6.52. The van der Waals surface area contributed by atoms with Gasteiger partial charge >= 0.3 is 5.97 Å². The number of halogens is 1. The van der Waals surface area contributed by atoms with E-state index in [0.29, 0.717) is 38.1 Å². The summed E-state index contributed by atoms with van der Waals surface area (Å²) in [6, 6.07) is 6.98. The maximum Gasteiger partial charge on any atom is 0.309 e. The molecule has 0 radical (unpaired) electrons. The van der Waals surface area contributed by atoms with Crippen LogP contribution in [0.2, 0.25) is 0 Å². The quantitative estimate of drug-likeness (QED) is 0.772. The number of carbonyl (C=O) groups excluding carboxylic acids is 3. The molecule has 7 heteroatoms. The minimum Gasteiger partial charge on any atom is -0.466 e. The van der Waals surface area contributed by atoms with Crippen LogP contribution in [0.25, 0.3) is 0 Å². The van der Waals surface area contributed by atoms with Gasteiger partial charge in [0.2, 0.25) is 5.91 Å². The van der Waals surface area contributed by atoms with Gasteiger partial charge in [0.1, 0.15) is 0 Å². The standard InChI is InChI=1S/C17H21BrN2O4/c1-2-24-17(23)12-6-8-20(9-7-12)15(21)11-19-16(22)13-4-3-5-14(18)10-13/h3-5,10,12H,2,6-9,11H2,1H3,(H,19,22). The lowest BCUT2D eigenvalue weighted by atomic mass is 9.97. The average molecular weight is 397 g/mol. The van der Waals surface area contributed by atoms with Gasteiger partial charge in [0.15, 0.2) is 0 Å². The van der Waals surface area contributed by atoms with Gasteiger partial charge in [-0.3, -0.25) is 14.4 Å². The summed E-state index contributed by atoms with van der Waals surface area (Å²) in [5, 5.41) is 2.63. The normalized spacial score (nSPS) is 15.0. The third-order valence-corrected chi connectivity index (χ3v) is 4.45. The highest BCUT2D eigenvalue weighted by atomic mass is 79.9. The van der Waals surface area contributed by atoms with Crippen molar-refractivity contribution in [1.29, 1.82) is 0 Å². The molecule has 0 bridgehead atoms. The summed E-state index contributed by atoms with van der Waals surface area (Å²) in [6.45, 7) is 3.13. The Hall–Kier alpha value is -1.89. The van der Waals surface area contributed by atoms with Gasteiger partial charge in [-0.1, -0.05) is 22.0 Å². The Morgan fingerprint density at radius 1 is 1.29 bits per heavy atom. The number of amides is 2. The van der Waals surface area contributed by atoms with Crippen LogP contribution in [0.1, 0.15) is 30.1 Å². The minimum absolute atomic E-state index is 0.0462. The first-order valence-corrected chi connectivity index (χ1v) is 8.78. The van der Waals surface area contributed by atoms with E-state index in [1.807, 2.05) is 6.07 Å². The fourth-order valence-corrected chi connectivity index (χ4v) is 3.02. The summed E-state index contributed by atoms with van der Waals surface area (Å²) in [5.74, 6) is -0.746. The van der Waals surface area contributed by atoms with Crippen LogP contribution in [0.4, 0.5) is 0 Å². The van der Waals surface area contributed by atoms with Gasteiger partial charge in [-0.2, -0.15) is 0 Å². The van der Waals surface area contributed by atoms with Crippen molar-refractivity contribution in [3.8, 4) is 0 Å². The zero-order chi connectivity index (χ0) is 17.5. The van der Waals surface area contributed by atoms with Gasteiger partial charge in [-0.15, -0.1) is 0 Å². The number of nitrogens with one attached hydrogen (secondary N) is 1. The highest BCUT2D eigenvalue weighted by Crippen LogP contribution is 2.18. The molecule has 24 heavy (non-hydrogen) atoms. The molecule has 1 fully saturated rings. The molecule has 0 aliphatic carbocycles. The van der Waals surface area contributed by atoms with Crippen molar-refractivity contribution in [1.82, 2.24) is 10.2 Å². The maximum atomic E-state index is 12.2. The molecule has 1 aromatic carbocycles. The largest absolute Gasteiger partial charge is 0.466 e. The molecule has 0 spiro atoms. The molecule has 1 heterocycles. The lowest BCUT2D eigenvalue weighted by molar-refractivity contribution is -0.151. The predicted molar refractivity (Wildman–Crippen MR) is 92.4 cm³/mol. The lowest BCUT2D eigenvalue weighted by Gasteiger charge is -2.30. The number of piperidine rings is 1. The van der Waals surface area contributed by atoms with Crippen LogP contribution in [-0.4, -0.2) is 48.9 Å². The van der Waals surface area contributed by atoms with Crippen LogP contribution in [-0.2, 0) is 14.3 Å². The summed E-state index contributed by atoms with van der Waals surface area (Å²) < 4.78 is 5.82.